The van der Waals surface area contributed by atoms with E-state index in [0.717, 1.165) is 25.9 Å². The van der Waals surface area contributed by atoms with Crippen LogP contribution in [0.3, 0.4) is 0 Å². The van der Waals surface area contributed by atoms with Crippen LogP contribution in [0.25, 0.3) is 0 Å². The average Bonchev–Trinajstić information content (AvgIpc) is 2.76. The summed E-state index contributed by atoms with van der Waals surface area (Å²) in [7, 11) is 0. The first kappa shape index (κ1) is 11.9. The first-order valence-electron chi connectivity index (χ1n) is 6.71. The van der Waals surface area contributed by atoms with Crippen molar-refractivity contribution in [2.45, 2.75) is 39.0 Å². The van der Waals surface area contributed by atoms with Gasteiger partial charge in [-0.05, 0) is 44.1 Å². The summed E-state index contributed by atoms with van der Waals surface area (Å²) in [5, 5.41) is 0. The van der Waals surface area contributed by atoms with Crippen molar-refractivity contribution in [2.24, 2.45) is 23.5 Å². The third kappa shape index (κ3) is 2.40. The van der Waals surface area contributed by atoms with Crippen LogP contribution in [0.2, 0.25) is 0 Å². The van der Waals surface area contributed by atoms with E-state index in [0.29, 0.717) is 24.3 Å². The zero-order valence-electron chi connectivity index (χ0n) is 10.3. The predicted molar refractivity (Wildman–Crippen MR) is 64.9 cm³/mol. The quantitative estimate of drug-likeness (QED) is 0.774. The van der Waals surface area contributed by atoms with Gasteiger partial charge in [-0.3, -0.25) is 4.79 Å². The van der Waals surface area contributed by atoms with Gasteiger partial charge in [0.2, 0.25) is 5.91 Å². The summed E-state index contributed by atoms with van der Waals surface area (Å²) in [5.41, 5.74) is 5.75. The fourth-order valence-electron chi connectivity index (χ4n) is 3.27. The number of rotatable bonds is 2. The summed E-state index contributed by atoms with van der Waals surface area (Å²) in [6.45, 7) is 4.86. The van der Waals surface area contributed by atoms with Crippen molar-refractivity contribution in [3.63, 3.8) is 0 Å². The minimum Gasteiger partial charge on any atom is -0.342 e. The lowest BCUT2D eigenvalue weighted by Crippen LogP contribution is -2.44. The smallest absolute Gasteiger partial charge is 0.226 e. The van der Waals surface area contributed by atoms with Crippen molar-refractivity contribution < 1.29 is 4.79 Å². The highest BCUT2D eigenvalue weighted by molar-refractivity contribution is 5.79. The van der Waals surface area contributed by atoms with Crippen molar-refractivity contribution in [1.82, 2.24) is 4.90 Å². The Morgan fingerprint density at radius 2 is 2.12 bits per heavy atom. The number of hydrogen-bond donors (Lipinski definition) is 1. The van der Waals surface area contributed by atoms with Gasteiger partial charge in [-0.25, -0.2) is 0 Å². The van der Waals surface area contributed by atoms with E-state index in [4.69, 9.17) is 5.73 Å². The summed E-state index contributed by atoms with van der Waals surface area (Å²) >= 11 is 0. The summed E-state index contributed by atoms with van der Waals surface area (Å²) in [6, 6.07) is 0. The molecule has 1 heterocycles. The second-order valence-corrected chi connectivity index (χ2v) is 5.56. The molecule has 2 N–H and O–H groups in total. The van der Waals surface area contributed by atoms with Gasteiger partial charge in [0.1, 0.15) is 0 Å². The van der Waals surface area contributed by atoms with E-state index < -0.39 is 0 Å². The number of nitrogens with zero attached hydrogens (tertiary/aromatic N) is 1. The van der Waals surface area contributed by atoms with Crippen molar-refractivity contribution in [1.29, 1.82) is 0 Å². The van der Waals surface area contributed by atoms with E-state index >= 15 is 0 Å². The molecule has 92 valence electrons. The van der Waals surface area contributed by atoms with Crippen LogP contribution in [-0.2, 0) is 4.79 Å². The summed E-state index contributed by atoms with van der Waals surface area (Å²) < 4.78 is 0. The van der Waals surface area contributed by atoms with E-state index in [1.54, 1.807) is 0 Å². The molecule has 1 aliphatic heterocycles. The van der Waals surface area contributed by atoms with Gasteiger partial charge in [-0.2, -0.15) is 0 Å². The highest BCUT2D eigenvalue weighted by Crippen LogP contribution is 2.33. The maximum absolute atomic E-state index is 12.4. The first-order chi connectivity index (χ1) is 7.72. The Morgan fingerprint density at radius 3 is 2.81 bits per heavy atom. The van der Waals surface area contributed by atoms with E-state index in [1.807, 2.05) is 0 Å². The lowest BCUT2D eigenvalue weighted by atomic mass is 9.92. The number of hydrogen-bond acceptors (Lipinski definition) is 2. The third-order valence-corrected chi connectivity index (χ3v) is 4.25. The Kier molecular flexibility index (Phi) is 3.85. The maximum Gasteiger partial charge on any atom is 0.226 e. The SMILES string of the molecule is CC1CCCN(C(=O)C2CCCC2CN)C1. The number of piperidine rings is 1. The number of likely N-dealkylation sites (tertiary alicyclic amines) is 1. The van der Waals surface area contributed by atoms with Crippen LogP contribution in [0.15, 0.2) is 0 Å². The van der Waals surface area contributed by atoms with E-state index in [-0.39, 0.29) is 5.92 Å². The molecule has 1 aliphatic carbocycles. The van der Waals surface area contributed by atoms with Gasteiger partial charge in [0.05, 0.1) is 0 Å². The van der Waals surface area contributed by atoms with Gasteiger partial charge in [-0.1, -0.05) is 13.3 Å². The molecule has 0 spiro atoms. The molecule has 2 fully saturated rings. The molecular weight excluding hydrogens is 200 g/mol. The summed E-state index contributed by atoms with van der Waals surface area (Å²) in [5.74, 6) is 1.75. The van der Waals surface area contributed by atoms with Crippen LogP contribution in [0, 0.1) is 17.8 Å². The molecule has 0 radical (unpaired) electrons. The minimum atomic E-state index is 0.232. The maximum atomic E-state index is 12.4. The molecule has 1 amide bonds. The van der Waals surface area contributed by atoms with E-state index in [9.17, 15) is 4.79 Å². The summed E-state index contributed by atoms with van der Waals surface area (Å²) in [4.78, 5) is 14.5. The molecule has 1 saturated carbocycles. The number of amides is 1. The fraction of sp³-hybridized carbons (Fsp3) is 0.923. The zero-order chi connectivity index (χ0) is 11.5. The molecule has 1 saturated heterocycles. The van der Waals surface area contributed by atoms with Gasteiger partial charge >= 0.3 is 0 Å². The highest BCUT2D eigenvalue weighted by Gasteiger charge is 2.35. The van der Waals surface area contributed by atoms with Crippen molar-refractivity contribution >= 4 is 5.91 Å². The van der Waals surface area contributed by atoms with Crippen LogP contribution < -0.4 is 5.73 Å². The molecule has 2 rings (SSSR count). The molecule has 0 aromatic carbocycles. The molecule has 16 heavy (non-hydrogen) atoms. The molecule has 3 unspecified atom stereocenters. The second kappa shape index (κ2) is 5.17. The molecule has 2 aliphatic rings. The predicted octanol–water partition coefficient (Wildman–Crippen LogP) is 1.62. The standard InChI is InChI=1S/C13H24N2O/c1-10-4-3-7-15(9-10)13(16)12-6-2-5-11(12)8-14/h10-12H,2-9,14H2,1H3. The van der Waals surface area contributed by atoms with Crippen LogP contribution in [-0.4, -0.2) is 30.4 Å². The summed E-state index contributed by atoms with van der Waals surface area (Å²) in [6.07, 6.45) is 5.84. The molecule has 3 atom stereocenters. The highest BCUT2D eigenvalue weighted by atomic mass is 16.2. The van der Waals surface area contributed by atoms with Gasteiger partial charge in [0, 0.05) is 19.0 Å². The van der Waals surface area contributed by atoms with Crippen molar-refractivity contribution in [2.75, 3.05) is 19.6 Å². The molecule has 0 aromatic heterocycles. The van der Waals surface area contributed by atoms with Gasteiger partial charge < -0.3 is 10.6 Å². The first-order valence-corrected chi connectivity index (χ1v) is 6.71. The Hall–Kier alpha value is -0.570. The van der Waals surface area contributed by atoms with Gasteiger partial charge in [0.15, 0.2) is 0 Å². The van der Waals surface area contributed by atoms with Gasteiger partial charge in [0.25, 0.3) is 0 Å². The molecule has 3 heteroatoms. The Bertz CT molecular complexity index is 254. The van der Waals surface area contributed by atoms with Crippen LogP contribution in [0.4, 0.5) is 0 Å². The normalized spacial score (nSPS) is 35.4. The monoisotopic (exact) mass is 224 g/mol. The topological polar surface area (TPSA) is 46.3 Å². The van der Waals surface area contributed by atoms with Crippen LogP contribution >= 0.6 is 0 Å². The van der Waals surface area contributed by atoms with Crippen LogP contribution in [0.1, 0.15) is 39.0 Å². The number of carbonyl (C=O) groups is 1. The van der Waals surface area contributed by atoms with Gasteiger partial charge in [-0.15, -0.1) is 0 Å². The largest absolute Gasteiger partial charge is 0.342 e. The van der Waals surface area contributed by atoms with Crippen molar-refractivity contribution in [3.05, 3.63) is 0 Å². The molecule has 0 aromatic rings. The van der Waals surface area contributed by atoms with Crippen molar-refractivity contribution in [3.8, 4) is 0 Å². The lowest BCUT2D eigenvalue weighted by molar-refractivity contribution is -0.138. The minimum absolute atomic E-state index is 0.232. The Morgan fingerprint density at radius 1 is 1.31 bits per heavy atom. The van der Waals surface area contributed by atoms with E-state index in [2.05, 4.69) is 11.8 Å². The second-order valence-electron chi connectivity index (χ2n) is 5.56. The molecule has 3 nitrogen and oxygen atoms in total. The fourth-order valence-corrected chi connectivity index (χ4v) is 3.27. The Labute approximate surface area is 98.4 Å². The number of nitrogens with two attached hydrogens (primary N) is 1. The average molecular weight is 224 g/mol. The lowest BCUT2D eigenvalue weighted by Gasteiger charge is -2.34. The molecule has 0 bridgehead atoms. The van der Waals surface area contributed by atoms with E-state index in [1.165, 1.54) is 19.3 Å². The Balaban J connectivity index is 1.95. The zero-order valence-corrected chi connectivity index (χ0v) is 10.3. The molecular formula is C13H24N2O. The van der Waals surface area contributed by atoms with Crippen LogP contribution in [0.5, 0.6) is 0 Å². The third-order valence-electron chi connectivity index (χ3n) is 4.25. The number of carbonyl (C=O) groups excluding carboxylic acids is 1.